The van der Waals surface area contributed by atoms with Gasteiger partial charge in [-0.2, -0.15) is 0 Å². The Morgan fingerprint density at radius 1 is 1.15 bits per heavy atom. The van der Waals surface area contributed by atoms with E-state index in [1.807, 2.05) is 5.32 Å². The predicted octanol–water partition coefficient (Wildman–Crippen LogP) is 1.74. The van der Waals surface area contributed by atoms with Crippen LogP contribution in [0.5, 0.6) is 0 Å². The molecule has 0 aromatic heterocycles. The van der Waals surface area contributed by atoms with Gasteiger partial charge in [0.05, 0.1) is 15.7 Å². The lowest BCUT2D eigenvalue weighted by molar-refractivity contribution is -0.143. The fraction of sp³-hybridized carbons (Fsp3) is 0.182. The maximum absolute atomic E-state index is 11.5. The van der Waals surface area contributed by atoms with Gasteiger partial charge in [-0.3, -0.25) is 10.1 Å². The fourth-order valence-electron chi connectivity index (χ4n) is 1.16. The topological polar surface area (TPSA) is 105 Å². The molecule has 20 heavy (non-hydrogen) atoms. The molecule has 0 radical (unpaired) electrons. The molecule has 3 amide bonds. The summed E-state index contributed by atoms with van der Waals surface area (Å²) in [7, 11) is 0. The smallest absolute Gasteiger partial charge is 0.329 e. The quantitative estimate of drug-likeness (QED) is 0.766. The van der Waals surface area contributed by atoms with E-state index >= 15 is 0 Å². The van der Waals surface area contributed by atoms with Crippen molar-refractivity contribution in [1.82, 2.24) is 5.32 Å². The van der Waals surface area contributed by atoms with E-state index in [9.17, 15) is 14.4 Å². The average Bonchev–Trinajstić information content (AvgIpc) is 2.33. The monoisotopic (exact) mass is 320 g/mol. The van der Waals surface area contributed by atoms with E-state index in [0.29, 0.717) is 0 Å². The molecule has 0 fully saturated rings. The number of nitrogens with one attached hydrogen (secondary N) is 2. The van der Waals surface area contributed by atoms with Crippen molar-refractivity contribution < 1.29 is 24.2 Å². The van der Waals surface area contributed by atoms with Crippen LogP contribution in [0.15, 0.2) is 18.2 Å². The van der Waals surface area contributed by atoms with Gasteiger partial charge in [0, 0.05) is 0 Å². The molecule has 0 unspecified atom stereocenters. The zero-order valence-electron chi connectivity index (χ0n) is 9.98. The molecule has 0 atom stereocenters. The number of carbonyl (C=O) groups is 3. The van der Waals surface area contributed by atoms with Gasteiger partial charge in [0.2, 0.25) is 0 Å². The first kappa shape index (κ1) is 16.2. The molecule has 0 aliphatic carbocycles. The van der Waals surface area contributed by atoms with Crippen LogP contribution < -0.4 is 10.6 Å². The number of aliphatic carboxylic acids is 1. The third-order valence-corrected chi connectivity index (χ3v) is 2.54. The molecule has 0 aliphatic rings. The third kappa shape index (κ3) is 5.43. The van der Waals surface area contributed by atoms with Crippen molar-refractivity contribution in [1.29, 1.82) is 0 Å². The molecule has 7 nitrogen and oxygen atoms in total. The summed E-state index contributed by atoms with van der Waals surface area (Å²) in [5.74, 6) is -2.02. The van der Waals surface area contributed by atoms with Crippen molar-refractivity contribution in [2.75, 3.05) is 18.5 Å². The molecular weight excluding hydrogens is 311 g/mol. The first-order chi connectivity index (χ1) is 9.40. The Bertz CT molecular complexity index is 515. The number of para-hydroxylation sites is 1. The Morgan fingerprint density at radius 2 is 1.75 bits per heavy atom. The number of rotatable bonds is 5. The second kappa shape index (κ2) is 7.68. The molecule has 1 aromatic carbocycles. The highest BCUT2D eigenvalue weighted by Gasteiger charge is 2.12. The number of imide groups is 1. The van der Waals surface area contributed by atoms with Crippen molar-refractivity contribution in [3.8, 4) is 0 Å². The Hall–Kier alpha value is -1.83. The van der Waals surface area contributed by atoms with Gasteiger partial charge in [-0.15, -0.1) is 0 Å². The number of amides is 3. The maximum atomic E-state index is 11.5. The maximum Gasteiger partial charge on any atom is 0.329 e. The summed E-state index contributed by atoms with van der Waals surface area (Å²) in [4.78, 5) is 32.9. The summed E-state index contributed by atoms with van der Waals surface area (Å²) >= 11 is 11.7. The summed E-state index contributed by atoms with van der Waals surface area (Å²) in [5.41, 5.74) is 0.160. The van der Waals surface area contributed by atoms with Gasteiger partial charge in [0.15, 0.2) is 0 Å². The lowest BCUT2D eigenvalue weighted by Crippen LogP contribution is -2.37. The average molecular weight is 321 g/mol. The van der Waals surface area contributed by atoms with Gasteiger partial charge < -0.3 is 15.2 Å². The molecule has 0 heterocycles. The molecule has 3 N–H and O–H groups in total. The van der Waals surface area contributed by atoms with Crippen molar-refractivity contribution in [3.05, 3.63) is 28.2 Å². The van der Waals surface area contributed by atoms with Gasteiger partial charge in [-0.25, -0.2) is 9.59 Å². The van der Waals surface area contributed by atoms with Gasteiger partial charge >= 0.3 is 12.0 Å². The molecule has 1 aromatic rings. The number of carboxylic acid groups (broad SMARTS) is 1. The highest BCUT2D eigenvalue weighted by atomic mass is 35.5. The Kier molecular flexibility index (Phi) is 6.23. The molecule has 108 valence electrons. The number of anilines is 1. The van der Waals surface area contributed by atoms with E-state index in [-0.39, 0.29) is 15.7 Å². The van der Waals surface area contributed by atoms with Crippen LogP contribution in [0.3, 0.4) is 0 Å². The zero-order valence-corrected chi connectivity index (χ0v) is 11.5. The SMILES string of the molecule is O=C(O)COCC(=O)NC(=O)Nc1c(Cl)cccc1Cl. The minimum Gasteiger partial charge on any atom is -0.480 e. The molecule has 1 rings (SSSR count). The molecular formula is C11H10Cl2N2O5. The van der Waals surface area contributed by atoms with Crippen molar-refractivity contribution in [3.63, 3.8) is 0 Å². The van der Waals surface area contributed by atoms with Crippen LogP contribution in [0.1, 0.15) is 0 Å². The highest BCUT2D eigenvalue weighted by molar-refractivity contribution is 6.39. The van der Waals surface area contributed by atoms with E-state index in [4.69, 9.17) is 28.3 Å². The number of ether oxygens (including phenoxy) is 1. The van der Waals surface area contributed by atoms with Crippen LogP contribution in [0.25, 0.3) is 0 Å². The number of carboxylic acids is 1. The van der Waals surface area contributed by atoms with Gasteiger partial charge in [0.1, 0.15) is 13.2 Å². The molecule has 0 saturated heterocycles. The Morgan fingerprint density at radius 3 is 2.30 bits per heavy atom. The van der Waals surface area contributed by atoms with E-state index < -0.39 is 31.1 Å². The molecule has 0 bridgehead atoms. The van der Waals surface area contributed by atoms with E-state index in [1.54, 1.807) is 6.07 Å². The lowest BCUT2D eigenvalue weighted by atomic mass is 10.3. The first-order valence-electron chi connectivity index (χ1n) is 5.24. The minimum atomic E-state index is -1.22. The van der Waals surface area contributed by atoms with Crippen LogP contribution in [0.2, 0.25) is 10.0 Å². The summed E-state index contributed by atoms with van der Waals surface area (Å²) < 4.78 is 4.51. The largest absolute Gasteiger partial charge is 0.480 e. The lowest BCUT2D eigenvalue weighted by Gasteiger charge is -2.09. The van der Waals surface area contributed by atoms with Crippen LogP contribution in [-0.2, 0) is 14.3 Å². The van der Waals surface area contributed by atoms with Gasteiger partial charge in [0.25, 0.3) is 5.91 Å². The number of benzene rings is 1. The number of carbonyl (C=O) groups excluding carboxylic acids is 2. The minimum absolute atomic E-state index is 0.160. The van der Waals surface area contributed by atoms with E-state index in [0.717, 1.165) is 0 Å². The summed E-state index contributed by atoms with van der Waals surface area (Å²) in [5, 5.41) is 13.0. The third-order valence-electron chi connectivity index (χ3n) is 1.91. The second-order valence-corrected chi connectivity index (χ2v) is 4.30. The van der Waals surface area contributed by atoms with Crippen molar-refractivity contribution in [2.24, 2.45) is 0 Å². The van der Waals surface area contributed by atoms with Crippen LogP contribution in [0.4, 0.5) is 10.5 Å². The summed E-state index contributed by atoms with van der Waals surface area (Å²) in [6.45, 7) is -1.19. The van der Waals surface area contributed by atoms with Crippen LogP contribution >= 0.6 is 23.2 Å². The molecule has 0 aliphatic heterocycles. The first-order valence-corrected chi connectivity index (χ1v) is 6.00. The Balaban J connectivity index is 2.47. The molecule has 0 spiro atoms. The standard InChI is InChI=1S/C11H10Cl2N2O5/c12-6-2-1-3-7(13)10(6)15-11(19)14-8(16)4-20-5-9(17)18/h1-3H,4-5H2,(H,17,18)(H2,14,15,16,19). The number of hydrogen-bond donors (Lipinski definition) is 3. The normalized spacial score (nSPS) is 9.90. The zero-order chi connectivity index (χ0) is 15.1. The van der Waals surface area contributed by atoms with Crippen molar-refractivity contribution in [2.45, 2.75) is 0 Å². The summed E-state index contributed by atoms with van der Waals surface area (Å²) in [6.07, 6.45) is 0. The fourth-order valence-corrected chi connectivity index (χ4v) is 1.65. The van der Waals surface area contributed by atoms with Gasteiger partial charge in [-0.05, 0) is 12.1 Å². The number of urea groups is 1. The molecule has 9 heteroatoms. The van der Waals surface area contributed by atoms with Crippen LogP contribution in [0, 0.1) is 0 Å². The number of hydrogen-bond acceptors (Lipinski definition) is 4. The second-order valence-electron chi connectivity index (χ2n) is 3.49. The van der Waals surface area contributed by atoms with Gasteiger partial charge in [-0.1, -0.05) is 29.3 Å². The molecule has 0 saturated carbocycles. The number of halogens is 2. The Labute approximate surface area is 123 Å². The van der Waals surface area contributed by atoms with Crippen LogP contribution in [-0.4, -0.2) is 36.2 Å². The van der Waals surface area contributed by atoms with E-state index in [1.165, 1.54) is 12.1 Å². The van der Waals surface area contributed by atoms with Crippen molar-refractivity contribution >= 4 is 46.8 Å². The summed E-state index contributed by atoms with van der Waals surface area (Å²) in [6, 6.07) is 3.77. The van der Waals surface area contributed by atoms with E-state index in [2.05, 4.69) is 10.1 Å². The highest BCUT2D eigenvalue weighted by Crippen LogP contribution is 2.29. The predicted molar refractivity (Wildman–Crippen MR) is 72.1 cm³/mol.